The molecule has 4 heteroatoms. The van der Waals surface area contributed by atoms with Crippen LogP contribution in [0.4, 0.5) is 4.39 Å². The molecular weight excluding hydrogens is 257 g/mol. The van der Waals surface area contributed by atoms with Crippen molar-refractivity contribution in [1.29, 1.82) is 0 Å². The molecule has 3 rings (SSSR count). The SMILES string of the molecule is Cc1occc1C(=O)N1CCCC1c1ccc(F)cc1. The Bertz CT molecular complexity index is 618. The Hall–Kier alpha value is -2.10. The van der Waals surface area contributed by atoms with Crippen molar-refractivity contribution >= 4 is 5.91 Å². The highest BCUT2D eigenvalue weighted by Crippen LogP contribution is 2.33. The Morgan fingerprint density at radius 1 is 1.30 bits per heavy atom. The molecule has 1 unspecified atom stereocenters. The van der Waals surface area contributed by atoms with E-state index in [9.17, 15) is 9.18 Å². The monoisotopic (exact) mass is 273 g/mol. The third-order valence-corrected chi connectivity index (χ3v) is 3.86. The molecule has 1 aliphatic rings. The first-order chi connectivity index (χ1) is 9.66. The van der Waals surface area contributed by atoms with Gasteiger partial charge in [0.05, 0.1) is 17.9 Å². The van der Waals surface area contributed by atoms with Crippen molar-refractivity contribution in [3.63, 3.8) is 0 Å². The second-order valence-corrected chi connectivity index (χ2v) is 5.10. The zero-order valence-corrected chi connectivity index (χ0v) is 11.3. The van der Waals surface area contributed by atoms with Gasteiger partial charge in [-0.15, -0.1) is 0 Å². The first-order valence-corrected chi connectivity index (χ1v) is 6.77. The molecule has 0 spiro atoms. The maximum atomic E-state index is 13.0. The fraction of sp³-hybridized carbons (Fsp3) is 0.312. The van der Waals surface area contributed by atoms with E-state index in [4.69, 9.17) is 4.42 Å². The van der Waals surface area contributed by atoms with E-state index in [0.717, 1.165) is 24.9 Å². The van der Waals surface area contributed by atoms with Crippen molar-refractivity contribution in [2.45, 2.75) is 25.8 Å². The van der Waals surface area contributed by atoms with Crippen LogP contribution >= 0.6 is 0 Å². The predicted molar refractivity (Wildman–Crippen MR) is 72.9 cm³/mol. The van der Waals surface area contributed by atoms with Crippen LogP contribution in [0.2, 0.25) is 0 Å². The summed E-state index contributed by atoms with van der Waals surface area (Å²) in [4.78, 5) is 14.4. The van der Waals surface area contributed by atoms with Crippen LogP contribution in [-0.2, 0) is 0 Å². The van der Waals surface area contributed by atoms with E-state index in [1.54, 1.807) is 25.1 Å². The highest BCUT2D eigenvalue weighted by molar-refractivity contribution is 5.95. The van der Waals surface area contributed by atoms with Crippen LogP contribution in [-0.4, -0.2) is 17.4 Å². The number of likely N-dealkylation sites (tertiary alicyclic amines) is 1. The van der Waals surface area contributed by atoms with Gasteiger partial charge in [0.15, 0.2) is 0 Å². The molecule has 0 saturated carbocycles. The zero-order valence-electron chi connectivity index (χ0n) is 11.3. The smallest absolute Gasteiger partial charge is 0.257 e. The summed E-state index contributed by atoms with van der Waals surface area (Å²) in [5.41, 5.74) is 1.59. The van der Waals surface area contributed by atoms with Gasteiger partial charge in [0.2, 0.25) is 0 Å². The Kier molecular flexibility index (Phi) is 3.30. The van der Waals surface area contributed by atoms with Crippen LogP contribution < -0.4 is 0 Å². The minimum absolute atomic E-state index is 0.0110. The summed E-state index contributed by atoms with van der Waals surface area (Å²) >= 11 is 0. The second kappa shape index (κ2) is 5.12. The van der Waals surface area contributed by atoms with Crippen LogP contribution in [0.25, 0.3) is 0 Å². The average molecular weight is 273 g/mol. The van der Waals surface area contributed by atoms with E-state index in [1.165, 1.54) is 18.4 Å². The lowest BCUT2D eigenvalue weighted by atomic mass is 10.0. The van der Waals surface area contributed by atoms with Crippen LogP contribution in [0, 0.1) is 12.7 Å². The van der Waals surface area contributed by atoms with E-state index in [2.05, 4.69) is 0 Å². The molecule has 1 fully saturated rings. The van der Waals surface area contributed by atoms with Gasteiger partial charge in [-0.1, -0.05) is 12.1 Å². The molecule has 2 aromatic rings. The molecule has 0 bridgehead atoms. The number of hydrogen-bond donors (Lipinski definition) is 0. The quantitative estimate of drug-likeness (QED) is 0.835. The van der Waals surface area contributed by atoms with Gasteiger partial charge in [-0.3, -0.25) is 4.79 Å². The van der Waals surface area contributed by atoms with Crippen molar-refractivity contribution in [1.82, 2.24) is 4.90 Å². The molecule has 3 nitrogen and oxygen atoms in total. The van der Waals surface area contributed by atoms with Gasteiger partial charge in [0.1, 0.15) is 11.6 Å². The van der Waals surface area contributed by atoms with E-state index in [-0.39, 0.29) is 17.8 Å². The molecule has 0 radical (unpaired) electrons. The summed E-state index contributed by atoms with van der Waals surface area (Å²) < 4.78 is 18.2. The fourth-order valence-electron chi connectivity index (χ4n) is 2.80. The summed E-state index contributed by atoms with van der Waals surface area (Å²) in [5.74, 6) is 0.373. The zero-order chi connectivity index (χ0) is 14.1. The first-order valence-electron chi connectivity index (χ1n) is 6.77. The summed E-state index contributed by atoms with van der Waals surface area (Å²) in [6, 6.07) is 8.13. The minimum atomic E-state index is -0.254. The van der Waals surface area contributed by atoms with Crippen molar-refractivity contribution in [2.75, 3.05) is 6.54 Å². The number of carbonyl (C=O) groups excluding carboxylic acids is 1. The van der Waals surface area contributed by atoms with Gasteiger partial charge < -0.3 is 9.32 Å². The Labute approximate surface area is 117 Å². The maximum Gasteiger partial charge on any atom is 0.257 e. The van der Waals surface area contributed by atoms with Gasteiger partial charge >= 0.3 is 0 Å². The maximum absolute atomic E-state index is 13.0. The highest BCUT2D eigenvalue weighted by atomic mass is 19.1. The molecule has 104 valence electrons. The number of amides is 1. The predicted octanol–water partition coefficient (Wildman–Crippen LogP) is 3.70. The summed E-state index contributed by atoms with van der Waals surface area (Å²) in [6.45, 7) is 2.52. The molecule has 1 amide bonds. The van der Waals surface area contributed by atoms with Crippen molar-refractivity contribution in [2.24, 2.45) is 0 Å². The number of rotatable bonds is 2. The lowest BCUT2D eigenvalue weighted by molar-refractivity contribution is 0.0734. The van der Waals surface area contributed by atoms with E-state index < -0.39 is 0 Å². The minimum Gasteiger partial charge on any atom is -0.469 e. The fourth-order valence-corrected chi connectivity index (χ4v) is 2.80. The summed E-state index contributed by atoms with van der Waals surface area (Å²) in [7, 11) is 0. The largest absolute Gasteiger partial charge is 0.469 e. The lowest BCUT2D eigenvalue weighted by Crippen LogP contribution is -2.30. The van der Waals surface area contributed by atoms with E-state index in [1.807, 2.05) is 4.90 Å². The topological polar surface area (TPSA) is 33.5 Å². The summed E-state index contributed by atoms with van der Waals surface area (Å²) in [6.07, 6.45) is 3.41. The lowest BCUT2D eigenvalue weighted by Gasteiger charge is -2.25. The van der Waals surface area contributed by atoms with E-state index >= 15 is 0 Å². The van der Waals surface area contributed by atoms with Crippen LogP contribution in [0.5, 0.6) is 0 Å². The molecule has 1 aliphatic heterocycles. The molecule has 1 aromatic carbocycles. The Morgan fingerprint density at radius 2 is 2.05 bits per heavy atom. The molecule has 1 atom stereocenters. The van der Waals surface area contributed by atoms with Gasteiger partial charge in [-0.05, 0) is 43.5 Å². The van der Waals surface area contributed by atoms with Crippen LogP contribution in [0.3, 0.4) is 0 Å². The van der Waals surface area contributed by atoms with Gasteiger partial charge in [-0.2, -0.15) is 0 Å². The Balaban J connectivity index is 1.87. The average Bonchev–Trinajstić information content (AvgIpc) is 3.07. The number of hydrogen-bond acceptors (Lipinski definition) is 2. The number of furan rings is 1. The third-order valence-electron chi connectivity index (χ3n) is 3.86. The van der Waals surface area contributed by atoms with Gasteiger partial charge in [-0.25, -0.2) is 4.39 Å². The molecule has 1 aromatic heterocycles. The van der Waals surface area contributed by atoms with Crippen molar-refractivity contribution in [3.05, 3.63) is 59.3 Å². The second-order valence-electron chi connectivity index (χ2n) is 5.10. The van der Waals surface area contributed by atoms with Gasteiger partial charge in [0.25, 0.3) is 5.91 Å². The molecule has 0 aliphatic carbocycles. The van der Waals surface area contributed by atoms with Crippen molar-refractivity contribution in [3.8, 4) is 0 Å². The Morgan fingerprint density at radius 3 is 2.70 bits per heavy atom. The van der Waals surface area contributed by atoms with Crippen molar-refractivity contribution < 1.29 is 13.6 Å². The number of carbonyl (C=O) groups is 1. The number of nitrogens with zero attached hydrogens (tertiary/aromatic N) is 1. The number of benzene rings is 1. The van der Waals surface area contributed by atoms with E-state index in [0.29, 0.717) is 11.3 Å². The molecular formula is C16H16FNO2. The molecule has 2 heterocycles. The third kappa shape index (κ3) is 2.22. The number of halogens is 1. The molecule has 20 heavy (non-hydrogen) atoms. The van der Waals surface area contributed by atoms with Crippen LogP contribution in [0.15, 0.2) is 41.0 Å². The number of aryl methyl sites for hydroxylation is 1. The standard InChI is InChI=1S/C16H16FNO2/c1-11-14(8-10-20-11)16(19)18-9-2-3-15(18)12-4-6-13(17)7-5-12/h4-8,10,15H,2-3,9H2,1H3. The molecule has 0 N–H and O–H groups in total. The first kappa shape index (κ1) is 12.9. The summed E-state index contributed by atoms with van der Waals surface area (Å²) in [5, 5.41) is 0. The van der Waals surface area contributed by atoms with Gasteiger partial charge in [0, 0.05) is 6.54 Å². The van der Waals surface area contributed by atoms with Crippen LogP contribution in [0.1, 0.15) is 40.6 Å². The normalized spacial score (nSPS) is 18.5. The highest BCUT2D eigenvalue weighted by Gasteiger charge is 2.31. The molecule has 1 saturated heterocycles.